The summed E-state index contributed by atoms with van der Waals surface area (Å²) >= 11 is 5.98. The molecule has 0 radical (unpaired) electrons. The normalized spacial score (nSPS) is 16.7. The van der Waals surface area contributed by atoms with E-state index < -0.39 is 9.84 Å². The van der Waals surface area contributed by atoms with Crippen LogP contribution in [0.25, 0.3) is 10.9 Å². The first kappa shape index (κ1) is 23.5. The average Bonchev–Trinajstić information content (AvgIpc) is 2.83. The number of nitrogens with zero attached hydrogens (tertiary/aromatic N) is 2. The van der Waals surface area contributed by atoms with Gasteiger partial charge in [0.15, 0.2) is 0 Å². The molecule has 3 aromatic rings. The highest BCUT2D eigenvalue weighted by Crippen LogP contribution is 2.38. The van der Waals surface area contributed by atoms with Crippen LogP contribution in [0.1, 0.15) is 32.3 Å². The van der Waals surface area contributed by atoms with Crippen molar-refractivity contribution in [3.63, 3.8) is 0 Å². The van der Waals surface area contributed by atoms with Gasteiger partial charge in [-0.1, -0.05) is 24.6 Å². The van der Waals surface area contributed by atoms with Gasteiger partial charge in [0.1, 0.15) is 4.90 Å². The molecule has 1 saturated heterocycles. The van der Waals surface area contributed by atoms with Gasteiger partial charge in [0, 0.05) is 29.7 Å². The molecule has 0 saturated carbocycles. The molecule has 2 aromatic carbocycles. The third-order valence-electron chi connectivity index (χ3n) is 6.05. The van der Waals surface area contributed by atoms with Crippen LogP contribution in [0.15, 0.2) is 58.5 Å². The van der Waals surface area contributed by atoms with Gasteiger partial charge in [-0.3, -0.25) is 9.78 Å². The van der Waals surface area contributed by atoms with E-state index >= 15 is 0 Å². The number of aromatic nitrogens is 1. The Balaban J connectivity index is 1.90. The third kappa shape index (κ3) is 4.70. The predicted octanol–water partition coefficient (Wildman–Crippen LogP) is 5.06. The van der Waals surface area contributed by atoms with E-state index in [1.165, 1.54) is 18.3 Å². The van der Waals surface area contributed by atoms with Gasteiger partial charge < -0.3 is 9.64 Å². The van der Waals surface area contributed by atoms with E-state index in [-0.39, 0.29) is 21.7 Å². The zero-order chi connectivity index (χ0) is 23.6. The first-order chi connectivity index (χ1) is 15.8. The van der Waals surface area contributed by atoms with E-state index in [1.807, 2.05) is 23.1 Å². The maximum atomic E-state index is 13.7. The van der Waals surface area contributed by atoms with Gasteiger partial charge in [-0.15, -0.1) is 0 Å². The average molecular weight is 487 g/mol. The number of halogens is 1. The van der Waals surface area contributed by atoms with E-state index in [9.17, 15) is 13.2 Å². The standard InChI is InChI=1S/C25H27ClN2O4S/c1-3-17-7-12-22-21(14-17)24(28-13-5-6-18(16-28)25(29)32-4-2)23(15-27-22)33(30,31)20-10-8-19(26)9-11-20/h7-12,14-15,18H,3-6,13,16H2,1-2H3/t18-/m1/s1. The number of ether oxygens (including phenoxy) is 1. The predicted molar refractivity (Wildman–Crippen MR) is 130 cm³/mol. The number of fused-ring (bicyclic) bond motifs is 1. The number of hydrogen-bond donors (Lipinski definition) is 0. The number of aryl methyl sites for hydroxylation is 1. The van der Waals surface area contributed by atoms with E-state index in [2.05, 4.69) is 11.9 Å². The second-order valence-electron chi connectivity index (χ2n) is 8.17. The van der Waals surface area contributed by atoms with E-state index in [1.54, 1.807) is 19.1 Å². The molecular weight excluding hydrogens is 460 g/mol. The van der Waals surface area contributed by atoms with Gasteiger partial charge in [-0.05, 0) is 68.1 Å². The maximum Gasteiger partial charge on any atom is 0.310 e. The van der Waals surface area contributed by atoms with Crippen molar-refractivity contribution >= 4 is 44.0 Å². The highest BCUT2D eigenvalue weighted by molar-refractivity contribution is 7.91. The molecule has 0 spiro atoms. The summed E-state index contributed by atoms with van der Waals surface area (Å²) in [6.07, 6.45) is 3.73. The van der Waals surface area contributed by atoms with E-state index in [0.29, 0.717) is 30.4 Å². The smallest absolute Gasteiger partial charge is 0.310 e. The van der Waals surface area contributed by atoms with Crippen LogP contribution in [-0.2, 0) is 25.8 Å². The Labute approximate surface area is 199 Å². The van der Waals surface area contributed by atoms with Crippen molar-refractivity contribution in [1.29, 1.82) is 0 Å². The monoisotopic (exact) mass is 486 g/mol. The summed E-state index contributed by atoms with van der Waals surface area (Å²) in [5.41, 5.74) is 2.40. The summed E-state index contributed by atoms with van der Waals surface area (Å²) < 4.78 is 32.7. The fourth-order valence-corrected chi connectivity index (χ4v) is 5.88. The lowest BCUT2D eigenvalue weighted by Crippen LogP contribution is -2.40. The molecule has 0 bridgehead atoms. The van der Waals surface area contributed by atoms with Crippen LogP contribution in [0.2, 0.25) is 5.02 Å². The highest BCUT2D eigenvalue weighted by atomic mass is 35.5. The van der Waals surface area contributed by atoms with Gasteiger partial charge in [0.25, 0.3) is 0 Å². The Hall–Kier alpha value is -2.64. The Kier molecular flexibility index (Phi) is 6.91. The zero-order valence-electron chi connectivity index (χ0n) is 18.8. The molecule has 1 aliphatic heterocycles. The molecule has 33 heavy (non-hydrogen) atoms. The number of esters is 1. The minimum absolute atomic E-state index is 0.134. The SMILES string of the molecule is CCOC(=O)[C@@H]1CCCN(c2c(S(=O)(=O)c3ccc(Cl)cc3)cnc3ccc(CC)cc23)C1. The lowest BCUT2D eigenvalue weighted by molar-refractivity contribution is -0.148. The van der Waals surface area contributed by atoms with Gasteiger partial charge in [0.2, 0.25) is 9.84 Å². The van der Waals surface area contributed by atoms with Crippen molar-refractivity contribution in [2.75, 3.05) is 24.6 Å². The van der Waals surface area contributed by atoms with Gasteiger partial charge >= 0.3 is 5.97 Å². The van der Waals surface area contributed by atoms with Crippen LogP contribution < -0.4 is 4.90 Å². The van der Waals surface area contributed by atoms with E-state index in [4.69, 9.17) is 16.3 Å². The Morgan fingerprint density at radius 2 is 1.94 bits per heavy atom. The summed E-state index contributed by atoms with van der Waals surface area (Å²) in [6, 6.07) is 12.1. The van der Waals surface area contributed by atoms with Crippen LogP contribution in [0.3, 0.4) is 0 Å². The molecule has 8 heteroatoms. The van der Waals surface area contributed by atoms with Crippen LogP contribution in [0.5, 0.6) is 0 Å². The number of rotatable bonds is 6. The van der Waals surface area contributed by atoms with Gasteiger partial charge in [0.05, 0.1) is 28.6 Å². The highest BCUT2D eigenvalue weighted by Gasteiger charge is 2.32. The number of piperidine rings is 1. The minimum atomic E-state index is -3.87. The van der Waals surface area contributed by atoms with Crippen LogP contribution in [-0.4, -0.2) is 39.1 Å². The van der Waals surface area contributed by atoms with Crippen LogP contribution >= 0.6 is 11.6 Å². The number of pyridine rings is 1. The van der Waals surface area contributed by atoms with Crippen LogP contribution in [0, 0.1) is 5.92 Å². The Bertz CT molecular complexity index is 1280. The molecule has 1 atom stereocenters. The molecule has 174 valence electrons. The summed E-state index contributed by atoms with van der Waals surface area (Å²) in [5.74, 6) is -0.542. The summed E-state index contributed by atoms with van der Waals surface area (Å²) in [7, 11) is -3.87. The summed E-state index contributed by atoms with van der Waals surface area (Å²) in [6.45, 7) is 5.22. The summed E-state index contributed by atoms with van der Waals surface area (Å²) in [4.78, 5) is 19.3. The van der Waals surface area contributed by atoms with Crippen molar-refractivity contribution in [1.82, 2.24) is 4.98 Å². The number of sulfone groups is 1. The molecule has 6 nitrogen and oxygen atoms in total. The number of carbonyl (C=O) groups excluding carboxylic acids is 1. The molecule has 4 rings (SSSR count). The maximum absolute atomic E-state index is 13.7. The second kappa shape index (κ2) is 9.69. The minimum Gasteiger partial charge on any atom is -0.466 e. The Morgan fingerprint density at radius 1 is 1.18 bits per heavy atom. The fourth-order valence-electron chi connectivity index (χ4n) is 4.32. The first-order valence-corrected chi connectivity index (χ1v) is 13.0. The Morgan fingerprint density at radius 3 is 2.64 bits per heavy atom. The lowest BCUT2D eigenvalue weighted by atomic mass is 9.97. The lowest BCUT2D eigenvalue weighted by Gasteiger charge is -2.35. The van der Waals surface area contributed by atoms with Crippen molar-refractivity contribution in [3.8, 4) is 0 Å². The van der Waals surface area contributed by atoms with Crippen molar-refractivity contribution in [2.45, 2.75) is 42.9 Å². The summed E-state index contributed by atoms with van der Waals surface area (Å²) in [5, 5.41) is 1.24. The molecular formula is C25H27ClN2O4S. The van der Waals surface area contributed by atoms with Gasteiger partial charge in [-0.25, -0.2) is 8.42 Å². The van der Waals surface area contributed by atoms with Crippen molar-refractivity contribution < 1.29 is 17.9 Å². The molecule has 1 aromatic heterocycles. The second-order valence-corrected chi connectivity index (χ2v) is 10.5. The molecule has 1 aliphatic rings. The number of carbonyl (C=O) groups is 1. The zero-order valence-corrected chi connectivity index (χ0v) is 20.3. The largest absolute Gasteiger partial charge is 0.466 e. The molecule has 0 N–H and O–H groups in total. The third-order valence-corrected chi connectivity index (χ3v) is 8.07. The molecule has 0 aliphatic carbocycles. The molecule has 0 amide bonds. The molecule has 0 unspecified atom stereocenters. The quantitative estimate of drug-likeness (QED) is 0.453. The van der Waals surface area contributed by atoms with E-state index in [0.717, 1.165) is 35.7 Å². The molecule has 1 fully saturated rings. The van der Waals surface area contributed by atoms with Crippen LogP contribution in [0.4, 0.5) is 5.69 Å². The topological polar surface area (TPSA) is 76.6 Å². The number of anilines is 1. The first-order valence-electron chi connectivity index (χ1n) is 11.2. The molecule has 2 heterocycles. The van der Waals surface area contributed by atoms with Crippen molar-refractivity contribution in [2.24, 2.45) is 5.92 Å². The van der Waals surface area contributed by atoms with Gasteiger partial charge in [-0.2, -0.15) is 0 Å². The number of hydrogen-bond acceptors (Lipinski definition) is 6. The number of benzene rings is 2. The van der Waals surface area contributed by atoms with Crippen molar-refractivity contribution in [3.05, 3.63) is 59.2 Å². The fraction of sp³-hybridized carbons (Fsp3) is 0.360.